The minimum Gasteiger partial charge on any atom is -0.348 e. The van der Waals surface area contributed by atoms with Crippen molar-refractivity contribution in [3.05, 3.63) is 78.8 Å². The number of carbonyl (C=O) groups excluding carboxylic acids is 1. The van der Waals surface area contributed by atoms with Crippen molar-refractivity contribution in [3.8, 4) is 0 Å². The summed E-state index contributed by atoms with van der Waals surface area (Å²) in [6, 6.07) is 10.5. The molecule has 0 bridgehead atoms. The van der Waals surface area contributed by atoms with Crippen LogP contribution in [0.2, 0.25) is 5.02 Å². The molecule has 0 aliphatic heterocycles. The van der Waals surface area contributed by atoms with Crippen LogP contribution in [0.3, 0.4) is 0 Å². The van der Waals surface area contributed by atoms with Gasteiger partial charge in [0.2, 0.25) is 0 Å². The Morgan fingerprint density at radius 2 is 1.70 bits per heavy atom. The number of rotatable bonds is 7. The highest BCUT2D eigenvalue weighted by molar-refractivity contribution is 7.99. The van der Waals surface area contributed by atoms with E-state index in [0.717, 1.165) is 49.4 Å². The molecular formula is C20H20ClN3O5S. The normalized spacial score (nSPS) is 18.6. The number of halogens is 1. The molecule has 1 fully saturated rings. The molecule has 0 heterocycles. The molecule has 1 aliphatic carbocycles. The van der Waals surface area contributed by atoms with E-state index >= 15 is 0 Å². The average molecular weight is 450 g/mol. The van der Waals surface area contributed by atoms with Gasteiger partial charge in [-0.15, -0.1) is 0 Å². The van der Waals surface area contributed by atoms with Crippen LogP contribution in [0.15, 0.2) is 42.5 Å². The van der Waals surface area contributed by atoms with E-state index in [-0.39, 0.29) is 16.9 Å². The van der Waals surface area contributed by atoms with Gasteiger partial charge in [0.25, 0.3) is 17.3 Å². The Hall–Kier alpha value is -2.65. The lowest BCUT2D eigenvalue weighted by atomic mass is 9.94. The first-order valence-electron chi connectivity index (χ1n) is 9.45. The van der Waals surface area contributed by atoms with Crippen molar-refractivity contribution in [1.82, 2.24) is 5.32 Å². The number of hydrogen-bond donors (Lipinski definition) is 1. The number of carbonyl (C=O) groups is 1. The molecule has 8 nitrogen and oxygen atoms in total. The molecule has 0 aromatic heterocycles. The third-order valence-electron chi connectivity index (χ3n) is 5.02. The Labute approximate surface area is 182 Å². The van der Waals surface area contributed by atoms with Crippen molar-refractivity contribution in [2.24, 2.45) is 0 Å². The quantitative estimate of drug-likeness (QED) is 0.462. The molecular weight excluding hydrogens is 430 g/mol. The van der Waals surface area contributed by atoms with Crippen LogP contribution >= 0.6 is 23.4 Å². The van der Waals surface area contributed by atoms with Gasteiger partial charge >= 0.3 is 0 Å². The number of amides is 1. The maximum Gasteiger partial charge on any atom is 0.277 e. The Morgan fingerprint density at radius 1 is 1.07 bits per heavy atom. The summed E-state index contributed by atoms with van der Waals surface area (Å²) in [6.07, 6.45) is 3.72. The summed E-state index contributed by atoms with van der Waals surface area (Å²) in [7, 11) is 0. The van der Waals surface area contributed by atoms with Crippen LogP contribution < -0.4 is 5.32 Å². The number of hydrogen-bond acceptors (Lipinski definition) is 6. The first-order chi connectivity index (χ1) is 14.3. The van der Waals surface area contributed by atoms with Gasteiger partial charge in [0.05, 0.1) is 21.5 Å². The van der Waals surface area contributed by atoms with Gasteiger partial charge in [-0.25, -0.2) is 0 Å². The van der Waals surface area contributed by atoms with Gasteiger partial charge in [-0.2, -0.15) is 11.8 Å². The SMILES string of the molecule is O=C(N[C@@H]1CCCC[C@H]1SCc1ccccc1Cl)c1cc([N+](=O)[O-])cc([N+](=O)[O-])c1. The molecule has 1 N–H and O–H groups in total. The van der Waals surface area contributed by atoms with Crippen molar-refractivity contribution >= 4 is 40.6 Å². The summed E-state index contributed by atoms with van der Waals surface area (Å²) < 4.78 is 0. The molecule has 2 atom stereocenters. The molecule has 1 saturated carbocycles. The fourth-order valence-electron chi connectivity index (χ4n) is 3.46. The Kier molecular flexibility index (Phi) is 7.28. The van der Waals surface area contributed by atoms with E-state index in [9.17, 15) is 25.0 Å². The highest BCUT2D eigenvalue weighted by Crippen LogP contribution is 2.33. The number of non-ortho nitro benzene ring substituents is 2. The topological polar surface area (TPSA) is 115 Å². The molecule has 2 aromatic carbocycles. The van der Waals surface area contributed by atoms with Gasteiger partial charge in [0, 0.05) is 34.2 Å². The van der Waals surface area contributed by atoms with Crippen LogP contribution in [-0.4, -0.2) is 27.0 Å². The van der Waals surface area contributed by atoms with Crippen LogP contribution in [0.25, 0.3) is 0 Å². The molecule has 158 valence electrons. The first kappa shape index (κ1) is 22.0. The zero-order valence-corrected chi connectivity index (χ0v) is 17.5. The van der Waals surface area contributed by atoms with Crippen molar-refractivity contribution in [1.29, 1.82) is 0 Å². The Morgan fingerprint density at radius 3 is 2.33 bits per heavy atom. The predicted octanol–water partition coefficient (Wildman–Crippen LogP) is 5.13. The second-order valence-corrected chi connectivity index (χ2v) is 8.69. The molecule has 3 rings (SSSR count). The third-order valence-corrected chi connectivity index (χ3v) is 6.85. The fraction of sp³-hybridized carbons (Fsp3) is 0.350. The molecule has 0 spiro atoms. The molecule has 1 amide bonds. The fourth-order valence-corrected chi connectivity index (χ4v) is 5.16. The van der Waals surface area contributed by atoms with E-state index in [1.807, 2.05) is 24.3 Å². The van der Waals surface area contributed by atoms with E-state index in [1.54, 1.807) is 11.8 Å². The van der Waals surface area contributed by atoms with E-state index < -0.39 is 27.1 Å². The minimum absolute atomic E-state index is 0.0867. The number of nitrogens with one attached hydrogen (secondary N) is 1. The summed E-state index contributed by atoms with van der Waals surface area (Å²) in [6.45, 7) is 0. The zero-order chi connectivity index (χ0) is 21.7. The van der Waals surface area contributed by atoms with Gasteiger partial charge in [0.15, 0.2) is 0 Å². The number of nitro groups is 2. The minimum atomic E-state index is -0.743. The van der Waals surface area contributed by atoms with Crippen LogP contribution in [0, 0.1) is 20.2 Å². The van der Waals surface area contributed by atoms with Crippen molar-refractivity contribution in [2.75, 3.05) is 0 Å². The lowest BCUT2D eigenvalue weighted by molar-refractivity contribution is -0.394. The highest BCUT2D eigenvalue weighted by atomic mass is 35.5. The van der Waals surface area contributed by atoms with Crippen LogP contribution in [-0.2, 0) is 5.75 Å². The number of nitro benzene ring substituents is 2. The molecule has 0 radical (unpaired) electrons. The van der Waals surface area contributed by atoms with E-state index in [0.29, 0.717) is 10.8 Å². The van der Waals surface area contributed by atoms with Crippen LogP contribution in [0.5, 0.6) is 0 Å². The largest absolute Gasteiger partial charge is 0.348 e. The summed E-state index contributed by atoms with van der Waals surface area (Å²) in [5.74, 6) is 0.163. The summed E-state index contributed by atoms with van der Waals surface area (Å²) in [4.78, 5) is 33.4. The van der Waals surface area contributed by atoms with Crippen molar-refractivity contribution < 1.29 is 14.6 Å². The Balaban J connectivity index is 1.73. The van der Waals surface area contributed by atoms with E-state index in [2.05, 4.69) is 5.32 Å². The second-order valence-electron chi connectivity index (χ2n) is 7.06. The first-order valence-corrected chi connectivity index (χ1v) is 10.9. The average Bonchev–Trinajstić information content (AvgIpc) is 2.73. The molecule has 30 heavy (non-hydrogen) atoms. The number of thioether (sulfide) groups is 1. The van der Waals surface area contributed by atoms with Crippen molar-refractivity contribution in [2.45, 2.75) is 42.7 Å². The van der Waals surface area contributed by atoms with E-state index in [4.69, 9.17) is 11.6 Å². The molecule has 0 unspecified atom stereocenters. The molecule has 2 aromatic rings. The van der Waals surface area contributed by atoms with Crippen LogP contribution in [0.4, 0.5) is 11.4 Å². The van der Waals surface area contributed by atoms with Gasteiger partial charge in [-0.3, -0.25) is 25.0 Å². The molecule has 10 heteroatoms. The standard InChI is InChI=1S/C20H20ClN3O5S/c21-17-6-2-1-5-13(17)12-30-19-8-4-3-7-18(19)22-20(25)14-9-15(23(26)27)11-16(10-14)24(28)29/h1-2,5-6,9-11,18-19H,3-4,7-8,12H2,(H,22,25)/t18-,19-/m1/s1. The highest BCUT2D eigenvalue weighted by Gasteiger charge is 2.28. The third kappa shape index (κ3) is 5.48. The molecule has 1 aliphatic rings. The van der Waals surface area contributed by atoms with Crippen molar-refractivity contribution in [3.63, 3.8) is 0 Å². The smallest absolute Gasteiger partial charge is 0.277 e. The number of benzene rings is 2. The van der Waals surface area contributed by atoms with Gasteiger partial charge in [-0.1, -0.05) is 42.6 Å². The van der Waals surface area contributed by atoms with Gasteiger partial charge < -0.3 is 5.32 Å². The van der Waals surface area contributed by atoms with Gasteiger partial charge in [-0.05, 0) is 24.5 Å². The van der Waals surface area contributed by atoms with E-state index in [1.165, 1.54) is 0 Å². The lowest BCUT2D eigenvalue weighted by Crippen LogP contribution is -2.43. The summed E-state index contributed by atoms with van der Waals surface area (Å²) >= 11 is 7.94. The monoisotopic (exact) mass is 449 g/mol. The summed E-state index contributed by atoms with van der Waals surface area (Å²) in [5.41, 5.74) is -0.0317. The maximum absolute atomic E-state index is 12.7. The zero-order valence-electron chi connectivity index (χ0n) is 16.0. The second kappa shape index (κ2) is 9.90. The number of nitrogens with zero attached hydrogens (tertiary/aromatic N) is 2. The maximum atomic E-state index is 12.7. The predicted molar refractivity (Wildman–Crippen MR) is 116 cm³/mol. The molecule has 0 saturated heterocycles. The lowest BCUT2D eigenvalue weighted by Gasteiger charge is -2.32. The Bertz CT molecular complexity index is 939. The van der Waals surface area contributed by atoms with Gasteiger partial charge in [0.1, 0.15) is 0 Å². The summed E-state index contributed by atoms with van der Waals surface area (Å²) in [5, 5.41) is 25.9. The van der Waals surface area contributed by atoms with Crippen LogP contribution in [0.1, 0.15) is 41.6 Å².